The second-order valence-electron chi connectivity index (χ2n) is 2.84. The second-order valence-corrected chi connectivity index (χ2v) is 2.84. The number of nitrogens with zero attached hydrogens (tertiary/aromatic N) is 1. The number of likely N-dealkylation sites (tertiary alicyclic amines) is 1. The lowest BCUT2D eigenvalue weighted by molar-refractivity contribution is -0.145. The van der Waals surface area contributed by atoms with E-state index in [9.17, 15) is 9.59 Å². The lowest BCUT2D eigenvalue weighted by Gasteiger charge is -2.18. The van der Waals surface area contributed by atoms with Gasteiger partial charge in [-0.3, -0.25) is 4.79 Å². The third kappa shape index (κ3) is 2.00. The Hall–Kier alpha value is -1.50. The van der Waals surface area contributed by atoms with Crippen molar-refractivity contribution in [2.45, 2.75) is 25.8 Å². The summed E-state index contributed by atoms with van der Waals surface area (Å²) in [5.41, 5.74) is 0. The van der Waals surface area contributed by atoms with Crippen molar-refractivity contribution < 1.29 is 14.7 Å². The molecule has 1 amide bonds. The summed E-state index contributed by atoms with van der Waals surface area (Å²) in [5.74, 6) is 4.28. The minimum atomic E-state index is -0.941. The molecule has 1 rings (SSSR count). The molecule has 0 aromatic rings. The summed E-state index contributed by atoms with van der Waals surface area (Å²) in [6.45, 7) is 1.89. The zero-order valence-electron chi connectivity index (χ0n) is 7.41. The van der Waals surface area contributed by atoms with E-state index in [1.54, 1.807) is 6.92 Å². The molecule has 0 spiro atoms. The number of carbonyl (C=O) groups is 2. The molecule has 1 atom stereocenters. The van der Waals surface area contributed by atoms with Gasteiger partial charge in [-0.15, -0.1) is 5.92 Å². The van der Waals surface area contributed by atoms with Crippen LogP contribution < -0.4 is 0 Å². The molecule has 1 N–H and O–H groups in total. The minimum Gasteiger partial charge on any atom is -0.480 e. The average molecular weight is 181 g/mol. The molecular weight excluding hydrogens is 170 g/mol. The molecule has 1 heterocycles. The van der Waals surface area contributed by atoms with E-state index in [2.05, 4.69) is 11.8 Å². The molecule has 1 saturated heterocycles. The average Bonchev–Trinajstić information content (AvgIpc) is 2.43. The first-order valence-corrected chi connectivity index (χ1v) is 4.08. The predicted molar refractivity (Wildman–Crippen MR) is 45.8 cm³/mol. The van der Waals surface area contributed by atoms with Gasteiger partial charge >= 0.3 is 5.97 Å². The molecule has 1 fully saturated rings. The summed E-state index contributed by atoms with van der Waals surface area (Å²) in [5, 5.41) is 8.76. The molecule has 4 heteroatoms. The molecular formula is C9H11NO3. The van der Waals surface area contributed by atoms with Gasteiger partial charge in [0.05, 0.1) is 6.54 Å². The third-order valence-corrected chi connectivity index (χ3v) is 2.04. The second kappa shape index (κ2) is 3.94. The van der Waals surface area contributed by atoms with Crippen molar-refractivity contribution in [3.05, 3.63) is 0 Å². The fraction of sp³-hybridized carbons (Fsp3) is 0.556. The first-order chi connectivity index (χ1) is 6.16. The van der Waals surface area contributed by atoms with Crippen LogP contribution in [-0.2, 0) is 9.59 Å². The number of hydrogen-bond donors (Lipinski definition) is 1. The molecule has 1 aliphatic rings. The van der Waals surface area contributed by atoms with E-state index in [-0.39, 0.29) is 12.5 Å². The maximum absolute atomic E-state index is 11.2. The van der Waals surface area contributed by atoms with Crippen LogP contribution in [0.2, 0.25) is 0 Å². The van der Waals surface area contributed by atoms with Crippen LogP contribution >= 0.6 is 0 Å². The largest absolute Gasteiger partial charge is 0.480 e. The SMILES string of the molecule is CC#CCN1C(=O)CCC1C(=O)O. The molecule has 0 aromatic heterocycles. The standard InChI is InChI=1S/C9H11NO3/c1-2-3-6-10-7(9(12)13)4-5-8(10)11/h7H,4-6H2,1H3,(H,12,13). The van der Waals surface area contributed by atoms with E-state index in [0.29, 0.717) is 12.8 Å². The third-order valence-electron chi connectivity index (χ3n) is 2.04. The van der Waals surface area contributed by atoms with Crippen LogP contribution in [0.25, 0.3) is 0 Å². The van der Waals surface area contributed by atoms with E-state index in [1.165, 1.54) is 4.90 Å². The number of carboxylic acids is 1. The Morgan fingerprint density at radius 1 is 1.77 bits per heavy atom. The highest BCUT2D eigenvalue weighted by Crippen LogP contribution is 2.17. The number of aliphatic carboxylic acids is 1. The monoisotopic (exact) mass is 181 g/mol. The maximum Gasteiger partial charge on any atom is 0.326 e. The van der Waals surface area contributed by atoms with Crippen molar-refractivity contribution in [2.75, 3.05) is 6.54 Å². The molecule has 70 valence electrons. The van der Waals surface area contributed by atoms with Gasteiger partial charge in [0, 0.05) is 6.42 Å². The first-order valence-electron chi connectivity index (χ1n) is 4.08. The number of carbonyl (C=O) groups excluding carboxylic acids is 1. The lowest BCUT2D eigenvalue weighted by Crippen LogP contribution is -2.38. The van der Waals surface area contributed by atoms with Crippen molar-refractivity contribution in [1.29, 1.82) is 0 Å². The van der Waals surface area contributed by atoms with Crippen molar-refractivity contribution >= 4 is 11.9 Å². The van der Waals surface area contributed by atoms with Gasteiger partial charge < -0.3 is 10.0 Å². The summed E-state index contributed by atoms with van der Waals surface area (Å²) >= 11 is 0. The molecule has 0 aliphatic carbocycles. The summed E-state index contributed by atoms with van der Waals surface area (Å²) < 4.78 is 0. The van der Waals surface area contributed by atoms with E-state index >= 15 is 0 Å². The maximum atomic E-state index is 11.2. The minimum absolute atomic E-state index is 0.116. The lowest BCUT2D eigenvalue weighted by atomic mass is 10.2. The predicted octanol–water partition coefficient (Wildman–Crippen LogP) is 0.0853. The van der Waals surface area contributed by atoms with Gasteiger partial charge in [0.25, 0.3) is 0 Å². The Labute approximate surface area is 76.5 Å². The highest BCUT2D eigenvalue weighted by Gasteiger charge is 2.35. The number of amides is 1. The van der Waals surface area contributed by atoms with Crippen LogP contribution in [0, 0.1) is 11.8 Å². The Bertz CT molecular complexity index is 287. The van der Waals surface area contributed by atoms with Gasteiger partial charge in [-0.05, 0) is 13.3 Å². The topological polar surface area (TPSA) is 57.6 Å². The summed E-state index contributed by atoms with van der Waals surface area (Å²) in [4.78, 5) is 23.2. The van der Waals surface area contributed by atoms with Crippen molar-refractivity contribution in [1.82, 2.24) is 4.90 Å². The smallest absolute Gasteiger partial charge is 0.326 e. The molecule has 0 saturated carbocycles. The zero-order chi connectivity index (χ0) is 9.84. The number of rotatable bonds is 2. The van der Waals surface area contributed by atoms with Gasteiger partial charge in [-0.25, -0.2) is 4.79 Å². The van der Waals surface area contributed by atoms with Gasteiger partial charge in [-0.2, -0.15) is 0 Å². The van der Waals surface area contributed by atoms with Crippen molar-refractivity contribution in [3.8, 4) is 11.8 Å². The highest BCUT2D eigenvalue weighted by atomic mass is 16.4. The number of carboxylic acid groups (broad SMARTS) is 1. The van der Waals surface area contributed by atoms with Crippen molar-refractivity contribution in [2.24, 2.45) is 0 Å². The molecule has 1 unspecified atom stereocenters. The molecule has 4 nitrogen and oxygen atoms in total. The Kier molecular flexibility index (Phi) is 2.91. The summed E-state index contributed by atoms with van der Waals surface area (Å²) in [6, 6.07) is -0.673. The van der Waals surface area contributed by atoms with Crippen molar-refractivity contribution in [3.63, 3.8) is 0 Å². The van der Waals surface area contributed by atoms with E-state index in [1.807, 2.05) is 0 Å². The van der Waals surface area contributed by atoms with Crippen LogP contribution in [0.4, 0.5) is 0 Å². The van der Waals surface area contributed by atoms with Crippen LogP contribution in [0.1, 0.15) is 19.8 Å². The fourth-order valence-corrected chi connectivity index (χ4v) is 1.35. The summed E-state index contributed by atoms with van der Waals surface area (Å²) in [7, 11) is 0. The van der Waals surface area contributed by atoms with Crippen LogP contribution in [0.5, 0.6) is 0 Å². The number of hydrogen-bond acceptors (Lipinski definition) is 2. The molecule has 0 bridgehead atoms. The van der Waals surface area contributed by atoms with Crippen LogP contribution in [0.15, 0.2) is 0 Å². The van der Waals surface area contributed by atoms with E-state index < -0.39 is 12.0 Å². The molecule has 1 aliphatic heterocycles. The highest BCUT2D eigenvalue weighted by molar-refractivity contribution is 5.87. The van der Waals surface area contributed by atoms with Gasteiger partial charge in [0.1, 0.15) is 6.04 Å². The first kappa shape index (κ1) is 9.59. The van der Waals surface area contributed by atoms with E-state index in [4.69, 9.17) is 5.11 Å². The van der Waals surface area contributed by atoms with E-state index in [0.717, 1.165) is 0 Å². The Balaban J connectivity index is 2.69. The normalized spacial score (nSPS) is 21.2. The molecule has 0 radical (unpaired) electrons. The van der Waals surface area contributed by atoms with Crippen LogP contribution in [-0.4, -0.2) is 34.5 Å². The Morgan fingerprint density at radius 3 is 3.00 bits per heavy atom. The quantitative estimate of drug-likeness (QED) is 0.614. The summed E-state index contributed by atoms with van der Waals surface area (Å²) in [6.07, 6.45) is 0.724. The molecule has 13 heavy (non-hydrogen) atoms. The van der Waals surface area contributed by atoms with Crippen LogP contribution in [0.3, 0.4) is 0 Å². The Morgan fingerprint density at radius 2 is 2.46 bits per heavy atom. The molecule has 0 aromatic carbocycles. The zero-order valence-corrected chi connectivity index (χ0v) is 7.41. The van der Waals surface area contributed by atoms with Gasteiger partial charge in [0.2, 0.25) is 5.91 Å². The van der Waals surface area contributed by atoms with Gasteiger partial charge in [0.15, 0.2) is 0 Å². The van der Waals surface area contributed by atoms with Gasteiger partial charge in [-0.1, -0.05) is 5.92 Å². The fourth-order valence-electron chi connectivity index (χ4n) is 1.35.